The fourth-order valence-electron chi connectivity index (χ4n) is 1.46. The molecule has 2 aromatic rings. The van der Waals surface area contributed by atoms with Gasteiger partial charge in [-0.2, -0.15) is 0 Å². The van der Waals surface area contributed by atoms with Gasteiger partial charge < -0.3 is 5.73 Å². The predicted molar refractivity (Wildman–Crippen MR) is 58.9 cm³/mol. The van der Waals surface area contributed by atoms with E-state index in [4.69, 9.17) is 5.73 Å². The number of imidazole rings is 1. The van der Waals surface area contributed by atoms with Crippen LogP contribution in [-0.4, -0.2) is 21.1 Å². The summed E-state index contributed by atoms with van der Waals surface area (Å²) in [5.74, 6) is 1.84. The Labute approximate surface area is 88.8 Å². The van der Waals surface area contributed by atoms with E-state index in [1.165, 1.54) is 0 Å². The Morgan fingerprint density at radius 1 is 1.33 bits per heavy atom. The lowest BCUT2D eigenvalue weighted by molar-refractivity contribution is 0.822. The Bertz CT molecular complexity index is 430. The maximum atomic E-state index is 5.52. The number of nitrogens with two attached hydrogens (primary N) is 1. The number of aryl methyl sites for hydroxylation is 1. The SMILES string of the molecule is Cc1ccc(-n2ccnc2CCN)nc1. The average Bonchev–Trinajstić information content (AvgIpc) is 2.68. The van der Waals surface area contributed by atoms with E-state index in [0.29, 0.717) is 6.54 Å². The highest BCUT2D eigenvalue weighted by atomic mass is 15.1. The molecule has 0 spiro atoms. The number of nitrogens with zero attached hydrogens (tertiary/aromatic N) is 3. The minimum atomic E-state index is 0.600. The molecule has 0 amide bonds. The van der Waals surface area contributed by atoms with Gasteiger partial charge in [0.2, 0.25) is 0 Å². The summed E-state index contributed by atoms with van der Waals surface area (Å²) in [5, 5.41) is 0. The highest BCUT2D eigenvalue weighted by Crippen LogP contribution is 2.08. The third-order valence-corrected chi connectivity index (χ3v) is 2.23. The number of hydrogen-bond donors (Lipinski definition) is 1. The van der Waals surface area contributed by atoms with Gasteiger partial charge in [0.05, 0.1) is 0 Å². The van der Waals surface area contributed by atoms with Crippen molar-refractivity contribution in [3.63, 3.8) is 0 Å². The topological polar surface area (TPSA) is 56.7 Å². The van der Waals surface area contributed by atoms with Crippen molar-refractivity contribution in [2.24, 2.45) is 5.73 Å². The smallest absolute Gasteiger partial charge is 0.137 e. The zero-order valence-corrected chi connectivity index (χ0v) is 8.72. The Kier molecular flexibility index (Phi) is 2.78. The maximum Gasteiger partial charge on any atom is 0.137 e. The summed E-state index contributed by atoms with van der Waals surface area (Å²) >= 11 is 0. The molecule has 0 saturated heterocycles. The average molecular weight is 202 g/mol. The molecule has 2 aromatic heterocycles. The van der Waals surface area contributed by atoms with Crippen LogP contribution in [0.3, 0.4) is 0 Å². The number of pyridine rings is 1. The van der Waals surface area contributed by atoms with Gasteiger partial charge in [-0.05, 0) is 25.1 Å². The van der Waals surface area contributed by atoms with Crippen molar-refractivity contribution in [2.75, 3.05) is 6.54 Å². The summed E-state index contributed by atoms with van der Waals surface area (Å²) in [7, 11) is 0. The van der Waals surface area contributed by atoms with E-state index < -0.39 is 0 Å². The van der Waals surface area contributed by atoms with Crippen molar-refractivity contribution >= 4 is 0 Å². The van der Waals surface area contributed by atoms with E-state index in [1.54, 1.807) is 6.20 Å². The zero-order chi connectivity index (χ0) is 10.7. The summed E-state index contributed by atoms with van der Waals surface area (Å²) < 4.78 is 1.96. The van der Waals surface area contributed by atoms with Gasteiger partial charge in [0.15, 0.2) is 0 Å². The molecule has 0 saturated carbocycles. The molecule has 2 heterocycles. The second kappa shape index (κ2) is 4.23. The highest BCUT2D eigenvalue weighted by molar-refractivity contribution is 5.26. The van der Waals surface area contributed by atoms with E-state index in [1.807, 2.05) is 36.0 Å². The Morgan fingerprint density at radius 3 is 2.87 bits per heavy atom. The van der Waals surface area contributed by atoms with Gasteiger partial charge in [-0.25, -0.2) is 9.97 Å². The molecular formula is C11H14N4. The lowest BCUT2D eigenvalue weighted by Gasteiger charge is -2.05. The minimum absolute atomic E-state index is 0.600. The molecule has 0 atom stereocenters. The molecule has 2 N–H and O–H groups in total. The van der Waals surface area contributed by atoms with Crippen LogP contribution in [0.2, 0.25) is 0 Å². The van der Waals surface area contributed by atoms with E-state index in [0.717, 1.165) is 23.6 Å². The monoisotopic (exact) mass is 202 g/mol. The normalized spacial score (nSPS) is 10.5. The van der Waals surface area contributed by atoms with Crippen LogP contribution >= 0.6 is 0 Å². The molecule has 0 fully saturated rings. The van der Waals surface area contributed by atoms with Gasteiger partial charge >= 0.3 is 0 Å². The minimum Gasteiger partial charge on any atom is -0.330 e. The van der Waals surface area contributed by atoms with Gasteiger partial charge in [-0.15, -0.1) is 0 Å². The molecule has 0 radical (unpaired) electrons. The molecule has 78 valence electrons. The van der Waals surface area contributed by atoms with Crippen molar-refractivity contribution < 1.29 is 0 Å². The first kappa shape index (κ1) is 9.86. The molecular weight excluding hydrogens is 188 g/mol. The van der Waals surface area contributed by atoms with Crippen molar-refractivity contribution in [3.8, 4) is 5.82 Å². The second-order valence-corrected chi connectivity index (χ2v) is 3.45. The lowest BCUT2D eigenvalue weighted by atomic mass is 10.3. The first-order valence-electron chi connectivity index (χ1n) is 4.96. The zero-order valence-electron chi connectivity index (χ0n) is 8.72. The molecule has 2 rings (SSSR count). The van der Waals surface area contributed by atoms with Crippen LogP contribution < -0.4 is 5.73 Å². The van der Waals surface area contributed by atoms with Crippen molar-refractivity contribution in [1.82, 2.24) is 14.5 Å². The molecule has 4 heteroatoms. The van der Waals surface area contributed by atoms with Gasteiger partial charge in [0, 0.05) is 25.0 Å². The van der Waals surface area contributed by atoms with Crippen LogP contribution in [0.5, 0.6) is 0 Å². The number of aromatic nitrogens is 3. The summed E-state index contributed by atoms with van der Waals surface area (Å²) in [4.78, 5) is 8.59. The highest BCUT2D eigenvalue weighted by Gasteiger charge is 2.04. The van der Waals surface area contributed by atoms with Crippen LogP contribution in [0.25, 0.3) is 5.82 Å². The second-order valence-electron chi connectivity index (χ2n) is 3.45. The molecule has 0 bridgehead atoms. The molecule has 0 unspecified atom stereocenters. The fourth-order valence-corrected chi connectivity index (χ4v) is 1.46. The molecule has 15 heavy (non-hydrogen) atoms. The Hall–Kier alpha value is -1.68. The standard InChI is InChI=1S/C11H14N4/c1-9-2-3-10(14-8-9)15-7-6-13-11(15)4-5-12/h2-3,6-8H,4-5,12H2,1H3. The summed E-state index contributed by atoms with van der Waals surface area (Å²) in [5.41, 5.74) is 6.67. The third kappa shape index (κ3) is 2.05. The lowest BCUT2D eigenvalue weighted by Crippen LogP contribution is -2.09. The Balaban J connectivity index is 2.36. The summed E-state index contributed by atoms with van der Waals surface area (Å²) in [6.07, 6.45) is 6.29. The van der Waals surface area contributed by atoms with Gasteiger partial charge in [-0.3, -0.25) is 4.57 Å². The van der Waals surface area contributed by atoms with Gasteiger partial charge in [0.25, 0.3) is 0 Å². The number of hydrogen-bond acceptors (Lipinski definition) is 3. The largest absolute Gasteiger partial charge is 0.330 e. The van der Waals surface area contributed by atoms with Gasteiger partial charge in [0.1, 0.15) is 11.6 Å². The number of rotatable bonds is 3. The van der Waals surface area contributed by atoms with E-state index in [9.17, 15) is 0 Å². The van der Waals surface area contributed by atoms with Crippen molar-refractivity contribution in [3.05, 3.63) is 42.1 Å². The van der Waals surface area contributed by atoms with Crippen LogP contribution in [0, 0.1) is 6.92 Å². The first-order chi connectivity index (χ1) is 7.31. The maximum absolute atomic E-state index is 5.52. The fraction of sp³-hybridized carbons (Fsp3) is 0.273. The van der Waals surface area contributed by atoms with Gasteiger partial charge in [-0.1, -0.05) is 6.07 Å². The molecule has 0 aromatic carbocycles. The van der Waals surface area contributed by atoms with Crippen molar-refractivity contribution in [2.45, 2.75) is 13.3 Å². The summed E-state index contributed by atoms with van der Waals surface area (Å²) in [6, 6.07) is 4.02. The van der Waals surface area contributed by atoms with Crippen LogP contribution in [0.15, 0.2) is 30.7 Å². The summed E-state index contributed by atoms with van der Waals surface area (Å²) in [6.45, 7) is 2.62. The molecule has 0 aliphatic heterocycles. The van der Waals surface area contributed by atoms with Crippen LogP contribution in [0.1, 0.15) is 11.4 Å². The van der Waals surface area contributed by atoms with E-state index >= 15 is 0 Å². The quantitative estimate of drug-likeness (QED) is 0.810. The van der Waals surface area contributed by atoms with Crippen LogP contribution in [-0.2, 0) is 6.42 Å². The molecule has 0 aliphatic carbocycles. The predicted octanol–water partition coefficient (Wildman–Crippen LogP) is 1.08. The van der Waals surface area contributed by atoms with Crippen LogP contribution in [0.4, 0.5) is 0 Å². The van der Waals surface area contributed by atoms with E-state index in [-0.39, 0.29) is 0 Å². The Morgan fingerprint density at radius 2 is 2.20 bits per heavy atom. The first-order valence-corrected chi connectivity index (χ1v) is 4.96. The third-order valence-electron chi connectivity index (χ3n) is 2.23. The van der Waals surface area contributed by atoms with Crippen molar-refractivity contribution in [1.29, 1.82) is 0 Å². The molecule has 0 aliphatic rings. The van der Waals surface area contributed by atoms with E-state index in [2.05, 4.69) is 9.97 Å². The molecule has 4 nitrogen and oxygen atoms in total.